The van der Waals surface area contributed by atoms with Crippen molar-refractivity contribution >= 4 is 5.91 Å². The molecule has 1 heterocycles. The third-order valence-corrected chi connectivity index (χ3v) is 2.75. The first-order valence-corrected chi connectivity index (χ1v) is 5.34. The van der Waals surface area contributed by atoms with Gasteiger partial charge >= 0.3 is 0 Å². The van der Waals surface area contributed by atoms with Crippen molar-refractivity contribution < 1.29 is 4.79 Å². The van der Waals surface area contributed by atoms with Crippen molar-refractivity contribution in [2.45, 2.75) is 19.4 Å². The molecule has 1 saturated heterocycles. The summed E-state index contributed by atoms with van der Waals surface area (Å²) >= 11 is 0. The van der Waals surface area contributed by atoms with E-state index in [1.54, 1.807) is 0 Å². The first kappa shape index (κ1) is 10.2. The Kier molecular flexibility index (Phi) is 3.02. The van der Waals surface area contributed by atoms with Crippen LogP contribution in [0.4, 0.5) is 0 Å². The number of carbonyl (C=O) groups excluding carboxylic acids is 1. The average Bonchev–Trinajstić information content (AvgIpc) is 2.16. The molecule has 0 saturated carbocycles. The van der Waals surface area contributed by atoms with Crippen molar-refractivity contribution in [3.63, 3.8) is 0 Å². The molecule has 1 aromatic rings. The van der Waals surface area contributed by atoms with Gasteiger partial charge in [0.1, 0.15) is 0 Å². The predicted octanol–water partition coefficient (Wildman–Crippen LogP) is 1.09. The van der Waals surface area contributed by atoms with Gasteiger partial charge in [-0.15, -0.1) is 0 Å². The van der Waals surface area contributed by atoms with Crippen LogP contribution in [0, 0.1) is 6.92 Å². The van der Waals surface area contributed by atoms with Crippen molar-refractivity contribution in [3.05, 3.63) is 35.4 Å². The van der Waals surface area contributed by atoms with Crippen LogP contribution in [0.25, 0.3) is 0 Å². The van der Waals surface area contributed by atoms with Gasteiger partial charge in [-0.3, -0.25) is 4.79 Å². The molecule has 1 atom stereocenters. The summed E-state index contributed by atoms with van der Waals surface area (Å²) in [6.07, 6.45) is 1.16. The predicted molar refractivity (Wildman–Crippen MR) is 59.9 cm³/mol. The summed E-state index contributed by atoms with van der Waals surface area (Å²) in [6.45, 7) is 3.82. The lowest BCUT2D eigenvalue weighted by atomic mass is 10.1. The topological polar surface area (TPSA) is 41.1 Å². The third kappa shape index (κ3) is 2.57. The standard InChI is InChI=1S/C12H16N2O/c1-9-2-4-10(5-3-9)12(15)14-8-11-6-7-13-11/h2-5,11,13H,6-8H2,1H3,(H,14,15). The summed E-state index contributed by atoms with van der Waals surface area (Å²) in [5.41, 5.74) is 1.91. The highest BCUT2D eigenvalue weighted by Gasteiger charge is 2.16. The molecular weight excluding hydrogens is 188 g/mol. The van der Waals surface area contributed by atoms with Crippen LogP contribution in [0.5, 0.6) is 0 Å². The van der Waals surface area contributed by atoms with Gasteiger partial charge in [0.05, 0.1) is 0 Å². The molecule has 80 valence electrons. The smallest absolute Gasteiger partial charge is 0.251 e. The van der Waals surface area contributed by atoms with E-state index in [9.17, 15) is 4.79 Å². The van der Waals surface area contributed by atoms with E-state index in [2.05, 4.69) is 10.6 Å². The Bertz CT molecular complexity index is 341. The van der Waals surface area contributed by atoms with Gasteiger partial charge in [-0.1, -0.05) is 17.7 Å². The summed E-state index contributed by atoms with van der Waals surface area (Å²) in [6, 6.07) is 8.10. The molecule has 1 fully saturated rings. The van der Waals surface area contributed by atoms with Crippen LogP contribution in [0.15, 0.2) is 24.3 Å². The largest absolute Gasteiger partial charge is 0.350 e. The normalized spacial score (nSPS) is 19.4. The number of aryl methyl sites for hydroxylation is 1. The lowest BCUT2D eigenvalue weighted by Gasteiger charge is -2.27. The van der Waals surface area contributed by atoms with Gasteiger partial charge in [0.15, 0.2) is 0 Å². The molecule has 0 aliphatic carbocycles. The number of carbonyl (C=O) groups is 1. The summed E-state index contributed by atoms with van der Waals surface area (Å²) in [5, 5.41) is 6.17. The van der Waals surface area contributed by atoms with Crippen molar-refractivity contribution in [2.24, 2.45) is 0 Å². The van der Waals surface area contributed by atoms with Crippen molar-refractivity contribution in [2.75, 3.05) is 13.1 Å². The van der Waals surface area contributed by atoms with E-state index >= 15 is 0 Å². The van der Waals surface area contributed by atoms with E-state index in [0.29, 0.717) is 6.04 Å². The molecule has 1 unspecified atom stereocenters. The Hall–Kier alpha value is -1.35. The molecule has 1 aliphatic rings. The van der Waals surface area contributed by atoms with Crippen LogP contribution in [-0.4, -0.2) is 25.0 Å². The van der Waals surface area contributed by atoms with Crippen LogP contribution in [-0.2, 0) is 0 Å². The molecule has 15 heavy (non-hydrogen) atoms. The second kappa shape index (κ2) is 4.45. The van der Waals surface area contributed by atoms with Gasteiger partial charge in [-0.2, -0.15) is 0 Å². The van der Waals surface area contributed by atoms with E-state index < -0.39 is 0 Å². The highest BCUT2D eigenvalue weighted by Crippen LogP contribution is 2.04. The SMILES string of the molecule is Cc1ccc(C(=O)NCC2CCN2)cc1. The molecular formula is C12H16N2O. The van der Waals surface area contributed by atoms with Crippen LogP contribution in [0.1, 0.15) is 22.3 Å². The van der Waals surface area contributed by atoms with Crippen LogP contribution in [0.3, 0.4) is 0 Å². The van der Waals surface area contributed by atoms with Crippen LogP contribution >= 0.6 is 0 Å². The number of benzene rings is 1. The van der Waals surface area contributed by atoms with Gasteiger partial charge in [0, 0.05) is 18.2 Å². The highest BCUT2D eigenvalue weighted by atomic mass is 16.1. The average molecular weight is 204 g/mol. The fourth-order valence-corrected chi connectivity index (χ4v) is 1.55. The molecule has 0 spiro atoms. The molecule has 2 rings (SSSR count). The Balaban J connectivity index is 1.86. The lowest BCUT2D eigenvalue weighted by Crippen LogP contribution is -2.50. The first-order valence-electron chi connectivity index (χ1n) is 5.34. The summed E-state index contributed by atoms with van der Waals surface area (Å²) in [4.78, 5) is 11.7. The minimum atomic E-state index is 0.0173. The fraction of sp³-hybridized carbons (Fsp3) is 0.417. The molecule has 1 amide bonds. The van der Waals surface area contributed by atoms with Crippen LogP contribution < -0.4 is 10.6 Å². The molecule has 2 N–H and O–H groups in total. The lowest BCUT2D eigenvalue weighted by molar-refractivity contribution is 0.0945. The zero-order valence-corrected chi connectivity index (χ0v) is 8.92. The Morgan fingerprint density at radius 3 is 2.67 bits per heavy atom. The number of hydrogen-bond donors (Lipinski definition) is 2. The van der Waals surface area contributed by atoms with Gasteiger partial charge in [0.25, 0.3) is 5.91 Å². The molecule has 1 aliphatic heterocycles. The molecule has 3 nitrogen and oxygen atoms in total. The van der Waals surface area contributed by atoms with E-state index in [1.807, 2.05) is 31.2 Å². The van der Waals surface area contributed by atoms with Crippen LogP contribution in [0.2, 0.25) is 0 Å². The highest BCUT2D eigenvalue weighted by molar-refractivity contribution is 5.94. The zero-order chi connectivity index (χ0) is 10.7. The first-order chi connectivity index (χ1) is 7.25. The van der Waals surface area contributed by atoms with Crippen molar-refractivity contribution in [1.29, 1.82) is 0 Å². The fourth-order valence-electron chi connectivity index (χ4n) is 1.55. The van der Waals surface area contributed by atoms with Gasteiger partial charge < -0.3 is 10.6 Å². The summed E-state index contributed by atoms with van der Waals surface area (Å²) in [7, 11) is 0. The van der Waals surface area contributed by atoms with E-state index in [-0.39, 0.29) is 5.91 Å². The summed E-state index contributed by atoms with van der Waals surface area (Å²) < 4.78 is 0. The molecule has 0 bridgehead atoms. The van der Waals surface area contributed by atoms with Crippen molar-refractivity contribution in [3.8, 4) is 0 Å². The third-order valence-electron chi connectivity index (χ3n) is 2.75. The maximum absolute atomic E-state index is 11.7. The number of nitrogens with one attached hydrogen (secondary N) is 2. The monoisotopic (exact) mass is 204 g/mol. The molecule has 1 aromatic carbocycles. The van der Waals surface area contributed by atoms with E-state index in [0.717, 1.165) is 25.1 Å². The number of amides is 1. The van der Waals surface area contributed by atoms with Gasteiger partial charge in [-0.25, -0.2) is 0 Å². The van der Waals surface area contributed by atoms with Gasteiger partial charge in [-0.05, 0) is 32.0 Å². The maximum atomic E-state index is 11.7. The second-order valence-electron chi connectivity index (χ2n) is 4.02. The minimum Gasteiger partial charge on any atom is -0.350 e. The molecule has 0 aromatic heterocycles. The Morgan fingerprint density at radius 2 is 2.13 bits per heavy atom. The maximum Gasteiger partial charge on any atom is 0.251 e. The Morgan fingerprint density at radius 1 is 1.47 bits per heavy atom. The van der Waals surface area contributed by atoms with E-state index in [4.69, 9.17) is 0 Å². The van der Waals surface area contributed by atoms with Crippen molar-refractivity contribution in [1.82, 2.24) is 10.6 Å². The zero-order valence-electron chi connectivity index (χ0n) is 8.92. The molecule has 0 radical (unpaired) electrons. The van der Waals surface area contributed by atoms with E-state index in [1.165, 1.54) is 5.56 Å². The quantitative estimate of drug-likeness (QED) is 0.773. The second-order valence-corrected chi connectivity index (χ2v) is 4.02. The molecule has 3 heteroatoms. The summed E-state index contributed by atoms with van der Waals surface area (Å²) in [5.74, 6) is 0.0173. The number of hydrogen-bond acceptors (Lipinski definition) is 2. The number of rotatable bonds is 3. The van der Waals surface area contributed by atoms with Gasteiger partial charge in [0.2, 0.25) is 0 Å². The Labute approximate surface area is 89.9 Å². The minimum absolute atomic E-state index is 0.0173.